The van der Waals surface area contributed by atoms with Gasteiger partial charge in [0.2, 0.25) is 5.91 Å². The standard InChI is InChI=1S/C28H42N6O2/c1-20-17-28(35)32(5)26(21(2)34(20)23-9-7-8-10-23)19-29-22(3)30-25-12-11-24(18-27(25)36-6)33-15-13-31(4)14-16-33/h11-12,18-20,23,30H,3,7-10,13-17H2,1-2,4-6H3. The Morgan fingerprint density at radius 3 is 2.53 bits per heavy atom. The minimum atomic E-state index is 0.114. The van der Waals surface area contributed by atoms with Crippen molar-refractivity contribution in [3.63, 3.8) is 0 Å². The molecule has 8 nitrogen and oxygen atoms in total. The van der Waals surface area contributed by atoms with E-state index >= 15 is 0 Å². The number of hydrogen-bond acceptors (Lipinski definition) is 7. The Bertz CT molecular complexity index is 1020. The molecule has 2 aliphatic heterocycles. The second kappa shape index (κ2) is 11.4. The number of aliphatic imine (C=N–C) groups is 1. The van der Waals surface area contributed by atoms with Crippen molar-refractivity contribution >= 4 is 23.5 Å². The van der Waals surface area contributed by atoms with Crippen molar-refractivity contribution in [3.8, 4) is 5.75 Å². The SMILES string of the molecule is C=C(N=CC1=C(C)N(C2CCCC2)C(C)CC(=O)N1C)Nc1ccc(N2CCN(C)CC2)cc1OC. The Morgan fingerprint density at radius 2 is 1.86 bits per heavy atom. The summed E-state index contributed by atoms with van der Waals surface area (Å²) < 4.78 is 5.68. The molecule has 0 radical (unpaired) electrons. The first kappa shape index (κ1) is 26.1. The molecule has 0 aromatic heterocycles. The molecule has 1 aromatic carbocycles. The third-order valence-electron chi connectivity index (χ3n) is 7.83. The molecule has 1 N–H and O–H groups in total. The van der Waals surface area contributed by atoms with Crippen LogP contribution in [-0.2, 0) is 4.79 Å². The molecule has 196 valence electrons. The van der Waals surface area contributed by atoms with Gasteiger partial charge in [-0.05, 0) is 45.9 Å². The zero-order valence-electron chi connectivity index (χ0n) is 22.6. The van der Waals surface area contributed by atoms with Gasteiger partial charge in [0, 0.05) is 69.2 Å². The zero-order valence-corrected chi connectivity index (χ0v) is 22.6. The van der Waals surface area contributed by atoms with Gasteiger partial charge in [-0.3, -0.25) is 4.79 Å². The van der Waals surface area contributed by atoms with Crippen molar-refractivity contribution in [2.75, 3.05) is 57.6 Å². The van der Waals surface area contributed by atoms with Crippen LogP contribution in [0.1, 0.15) is 46.0 Å². The van der Waals surface area contributed by atoms with Gasteiger partial charge in [-0.25, -0.2) is 4.99 Å². The van der Waals surface area contributed by atoms with Crippen LogP contribution >= 0.6 is 0 Å². The van der Waals surface area contributed by atoms with Crippen molar-refractivity contribution in [2.24, 2.45) is 4.99 Å². The van der Waals surface area contributed by atoms with E-state index in [1.54, 1.807) is 18.2 Å². The van der Waals surface area contributed by atoms with E-state index in [1.807, 2.05) is 13.1 Å². The molecule has 1 saturated carbocycles. The Hall–Kier alpha value is -3.00. The molecule has 1 aliphatic carbocycles. The third kappa shape index (κ3) is 5.69. The van der Waals surface area contributed by atoms with Gasteiger partial charge in [-0.1, -0.05) is 19.4 Å². The first-order valence-electron chi connectivity index (χ1n) is 13.2. The Labute approximate surface area is 216 Å². The molecular weight excluding hydrogens is 452 g/mol. The lowest BCUT2D eigenvalue weighted by Crippen LogP contribution is -2.44. The zero-order chi connectivity index (χ0) is 25.8. The van der Waals surface area contributed by atoms with Gasteiger partial charge in [0.05, 0.1) is 24.7 Å². The van der Waals surface area contributed by atoms with E-state index in [9.17, 15) is 4.79 Å². The third-order valence-corrected chi connectivity index (χ3v) is 7.83. The number of piperazine rings is 1. The average Bonchev–Trinajstić information content (AvgIpc) is 3.36. The van der Waals surface area contributed by atoms with Gasteiger partial charge >= 0.3 is 0 Å². The molecule has 2 fully saturated rings. The number of amides is 1. The predicted molar refractivity (Wildman–Crippen MR) is 148 cm³/mol. The van der Waals surface area contributed by atoms with Gasteiger partial charge in [0.25, 0.3) is 0 Å². The highest BCUT2D eigenvalue weighted by molar-refractivity contribution is 5.90. The summed E-state index contributed by atoms with van der Waals surface area (Å²) in [5.74, 6) is 1.36. The fraction of sp³-hybridized carbons (Fsp3) is 0.571. The van der Waals surface area contributed by atoms with Crippen LogP contribution in [0.2, 0.25) is 0 Å². The maximum Gasteiger partial charge on any atom is 0.228 e. The molecular formula is C28H42N6O2. The van der Waals surface area contributed by atoms with Gasteiger partial charge < -0.3 is 29.7 Å². The second-order valence-corrected chi connectivity index (χ2v) is 10.3. The number of nitrogens with zero attached hydrogens (tertiary/aromatic N) is 5. The Morgan fingerprint density at radius 1 is 1.17 bits per heavy atom. The van der Waals surface area contributed by atoms with E-state index in [0.717, 1.165) is 54.7 Å². The maximum atomic E-state index is 12.9. The van der Waals surface area contributed by atoms with E-state index in [0.29, 0.717) is 18.3 Å². The van der Waals surface area contributed by atoms with Crippen molar-refractivity contribution in [1.29, 1.82) is 0 Å². The van der Waals surface area contributed by atoms with Gasteiger partial charge in [-0.2, -0.15) is 0 Å². The van der Waals surface area contributed by atoms with E-state index < -0.39 is 0 Å². The highest BCUT2D eigenvalue weighted by Crippen LogP contribution is 2.33. The summed E-state index contributed by atoms with van der Waals surface area (Å²) in [6, 6.07) is 6.86. The summed E-state index contributed by atoms with van der Waals surface area (Å²) in [5, 5.41) is 3.29. The quantitative estimate of drug-likeness (QED) is 0.575. The minimum Gasteiger partial charge on any atom is -0.494 e. The predicted octanol–water partition coefficient (Wildman–Crippen LogP) is 4.13. The topological polar surface area (TPSA) is 63.7 Å². The van der Waals surface area contributed by atoms with Crippen LogP contribution in [0, 0.1) is 0 Å². The molecule has 1 saturated heterocycles. The van der Waals surface area contributed by atoms with Crippen molar-refractivity contribution in [1.82, 2.24) is 14.7 Å². The van der Waals surface area contributed by atoms with E-state index in [1.165, 1.54) is 25.7 Å². The van der Waals surface area contributed by atoms with Crippen LogP contribution in [0.3, 0.4) is 0 Å². The molecule has 1 atom stereocenters. The fourth-order valence-electron chi connectivity index (χ4n) is 5.70. The molecule has 1 aromatic rings. The molecule has 0 bridgehead atoms. The van der Waals surface area contributed by atoms with Crippen molar-refractivity contribution in [3.05, 3.63) is 42.0 Å². The number of benzene rings is 1. The summed E-state index contributed by atoms with van der Waals surface area (Å²) in [6.45, 7) is 12.5. The van der Waals surface area contributed by atoms with Crippen LogP contribution < -0.4 is 15.0 Å². The number of likely N-dealkylation sites (N-methyl/N-ethyl adjacent to an activating group) is 1. The van der Waals surface area contributed by atoms with E-state index in [4.69, 9.17) is 4.74 Å². The molecule has 8 heteroatoms. The van der Waals surface area contributed by atoms with E-state index in [2.05, 4.69) is 64.6 Å². The average molecular weight is 495 g/mol. The largest absolute Gasteiger partial charge is 0.494 e. The van der Waals surface area contributed by atoms with E-state index in [-0.39, 0.29) is 11.9 Å². The van der Waals surface area contributed by atoms with Gasteiger partial charge in [-0.15, -0.1) is 0 Å². The lowest BCUT2D eigenvalue weighted by Gasteiger charge is -2.36. The number of ether oxygens (including phenoxy) is 1. The van der Waals surface area contributed by atoms with Gasteiger partial charge in [0.1, 0.15) is 11.6 Å². The Kier molecular flexibility index (Phi) is 8.24. The molecule has 0 spiro atoms. The summed E-state index contributed by atoms with van der Waals surface area (Å²) in [7, 11) is 5.68. The fourth-order valence-corrected chi connectivity index (χ4v) is 5.70. The first-order valence-corrected chi connectivity index (χ1v) is 13.2. The smallest absolute Gasteiger partial charge is 0.228 e. The molecule has 3 aliphatic rings. The lowest BCUT2D eigenvalue weighted by molar-refractivity contribution is -0.128. The number of rotatable bonds is 7. The Balaban J connectivity index is 1.50. The molecule has 1 amide bonds. The first-order chi connectivity index (χ1) is 17.3. The maximum absolute atomic E-state index is 12.9. The highest BCUT2D eigenvalue weighted by atomic mass is 16.5. The van der Waals surface area contributed by atoms with Gasteiger partial charge in [0.15, 0.2) is 0 Å². The molecule has 1 unspecified atom stereocenters. The highest BCUT2D eigenvalue weighted by Gasteiger charge is 2.33. The van der Waals surface area contributed by atoms with Crippen LogP contribution in [0.25, 0.3) is 0 Å². The van der Waals surface area contributed by atoms with Crippen LogP contribution in [0.15, 0.2) is 47.0 Å². The van der Waals surface area contributed by atoms with Crippen molar-refractivity contribution < 1.29 is 9.53 Å². The minimum absolute atomic E-state index is 0.114. The van der Waals surface area contributed by atoms with Crippen molar-refractivity contribution in [2.45, 2.75) is 58.0 Å². The summed E-state index contributed by atoms with van der Waals surface area (Å²) in [4.78, 5) is 26.4. The number of hydrogen-bond donors (Lipinski definition) is 1. The van der Waals surface area contributed by atoms with Crippen LogP contribution in [0.5, 0.6) is 5.75 Å². The number of methoxy groups -OCH3 is 1. The summed E-state index contributed by atoms with van der Waals surface area (Å²) in [6.07, 6.45) is 7.16. The number of carbonyl (C=O) groups excluding carboxylic acids is 1. The summed E-state index contributed by atoms with van der Waals surface area (Å²) >= 11 is 0. The normalized spacial score (nSPS) is 22.5. The molecule has 2 heterocycles. The second-order valence-electron chi connectivity index (χ2n) is 10.3. The number of carbonyl (C=O) groups is 1. The number of anilines is 2. The lowest BCUT2D eigenvalue weighted by atomic mass is 10.1. The monoisotopic (exact) mass is 494 g/mol. The van der Waals surface area contributed by atoms with Crippen LogP contribution in [-0.4, -0.2) is 86.3 Å². The number of allylic oxidation sites excluding steroid dienone is 2. The molecule has 4 rings (SSSR count). The molecule has 36 heavy (non-hydrogen) atoms. The number of nitrogens with one attached hydrogen (secondary N) is 1. The van der Waals surface area contributed by atoms with Crippen LogP contribution in [0.4, 0.5) is 11.4 Å². The summed E-state index contributed by atoms with van der Waals surface area (Å²) in [5.41, 5.74) is 3.90.